The first-order valence-electron chi connectivity index (χ1n) is 5.81. The lowest BCUT2D eigenvalue weighted by atomic mass is 10.2. The van der Waals surface area contributed by atoms with Crippen molar-refractivity contribution in [1.29, 1.82) is 0 Å². The van der Waals surface area contributed by atoms with Crippen molar-refractivity contribution in [2.75, 3.05) is 5.73 Å². The molecule has 94 valence electrons. The van der Waals surface area contributed by atoms with Gasteiger partial charge >= 0.3 is 0 Å². The third-order valence-corrected chi connectivity index (χ3v) is 3.29. The number of fused-ring (bicyclic) bond motifs is 1. The van der Waals surface area contributed by atoms with E-state index in [2.05, 4.69) is 20.9 Å². The van der Waals surface area contributed by atoms with Gasteiger partial charge in [-0.15, -0.1) is 0 Å². The molecule has 1 aromatic heterocycles. The van der Waals surface area contributed by atoms with Crippen molar-refractivity contribution >= 4 is 32.5 Å². The second kappa shape index (κ2) is 4.90. The van der Waals surface area contributed by atoms with Gasteiger partial charge in [-0.2, -0.15) is 0 Å². The van der Waals surface area contributed by atoms with Crippen LogP contribution in [0.4, 0.5) is 5.69 Å². The number of hydrogen-bond acceptors (Lipinski definition) is 3. The van der Waals surface area contributed by atoms with E-state index in [1.54, 1.807) is 6.20 Å². The second-order valence-corrected chi connectivity index (χ2v) is 5.03. The first-order valence-corrected chi connectivity index (χ1v) is 6.60. The molecule has 0 aliphatic heterocycles. The summed E-state index contributed by atoms with van der Waals surface area (Å²) in [4.78, 5) is 4.30. The molecule has 0 amide bonds. The third kappa shape index (κ3) is 2.39. The van der Waals surface area contributed by atoms with E-state index in [1.165, 1.54) is 0 Å². The standard InChI is InChI=1S/C15H11BrN2O/c16-10-5-6-15(12(17)9-10)19-14-7-8-18-13-4-2-1-3-11(13)14/h1-9H,17H2. The molecule has 0 bridgehead atoms. The van der Waals surface area contributed by atoms with Gasteiger partial charge in [-0.3, -0.25) is 4.98 Å². The number of halogens is 1. The summed E-state index contributed by atoms with van der Waals surface area (Å²) in [6, 6.07) is 15.2. The highest BCUT2D eigenvalue weighted by atomic mass is 79.9. The molecule has 0 aliphatic carbocycles. The molecular weight excluding hydrogens is 304 g/mol. The Morgan fingerprint density at radius 1 is 1.00 bits per heavy atom. The van der Waals surface area contributed by atoms with Gasteiger partial charge in [-0.25, -0.2) is 0 Å². The van der Waals surface area contributed by atoms with E-state index >= 15 is 0 Å². The number of rotatable bonds is 2. The Labute approximate surface area is 119 Å². The highest BCUT2D eigenvalue weighted by Crippen LogP contribution is 2.33. The lowest BCUT2D eigenvalue weighted by Gasteiger charge is -2.10. The van der Waals surface area contributed by atoms with E-state index in [4.69, 9.17) is 10.5 Å². The van der Waals surface area contributed by atoms with Crippen molar-refractivity contribution in [2.24, 2.45) is 0 Å². The molecule has 19 heavy (non-hydrogen) atoms. The number of nitrogens with zero attached hydrogens (tertiary/aromatic N) is 1. The first-order chi connectivity index (χ1) is 9.24. The Hall–Kier alpha value is -2.07. The van der Waals surface area contributed by atoms with Gasteiger partial charge in [0.1, 0.15) is 11.5 Å². The molecular formula is C15H11BrN2O. The third-order valence-electron chi connectivity index (χ3n) is 2.80. The molecule has 0 atom stereocenters. The van der Waals surface area contributed by atoms with Crippen LogP contribution in [0.25, 0.3) is 10.9 Å². The number of aromatic nitrogens is 1. The van der Waals surface area contributed by atoms with Crippen molar-refractivity contribution in [2.45, 2.75) is 0 Å². The fourth-order valence-electron chi connectivity index (χ4n) is 1.89. The predicted octanol–water partition coefficient (Wildman–Crippen LogP) is 4.37. The summed E-state index contributed by atoms with van der Waals surface area (Å²) in [6.45, 7) is 0. The highest BCUT2D eigenvalue weighted by molar-refractivity contribution is 9.10. The van der Waals surface area contributed by atoms with Crippen LogP contribution < -0.4 is 10.5 Å². The Morgan fingerprint density at radius 3 is 2.68 bits per heavy atom. The lowest BCUT2D eigenvalue weighted by molar-refractivity contribution is 0.490. The molecule has 2 aromatic carbocycles. The molecule has 0 aliphatic rings. The predicted molar refractivity (Wildman–Crippen MR) is 80.4 cm³/mol. The van der Waals surface area contributed by atoms with Crippen molar-refractivity contribution in [3.05, 3.63) is 59.2 Å². The molecule has 0 spiro atoms. The Morgan fingerprint density at radius 2 is 1.84 bits per heavy atom. The highest BCUT2D eigenvalue weighted by Gasteiger charge is 2.06. The molecule has 0 unspecified atom stereocenters. The van der Waals surface area contributed by atoms with Crippen LogP contribution in [0, 0.1) is 0 Å². The molecule has 3 nitrogen and oxygen atoms in total. The number of hydrogen-bond donors (Lipinski definition) is 1. The van der Waals surface area contributed by atoms with Gasteiger partial charge in [0.25, 0.3) is 0 Å². The molecule has 2 N–H and O–H groups in total. The average molecular weight is 315 g/mol. The minimum absolute atomic E-state index is 0.593. The van der Waals surface area contributed by atoms with Crippen molar-refractivity contribution < 1.29 is 4.74 Å². The minimum Gasteiger partial charge on any atom is -0.454 e. The van der Waals surface area contributed by atoms with Crippen molar-refractivity contribution in [1.82, 2.24) is 4.98 Å². The largest absolute Gasteiger partial charge is 0.454 e. The van der Waals surface area contributed by atoms with Crippen LogP contribution in [0.3, 0.4) is 0 Å². The number of ether oxygens (including phenoxy) is 1. The Bertz CT molecular complexity index is 738. The molecule has 0 fully saturated rings. The first kappa shape index (κ1) is 12.0. The van der Waals surface area contributed by atoms with Crippen LogP contribution in [0.15, 0.2) is 59.2 Å². The number of benzene rings is 2. The van der Waals surface area contributed by atoms with Crippen LogP contribution >= 0.6 is 15.9 Å². The van der Waals surface area contributed by atoms with Crippen LogP contribution in [-0.2, 0) is 0 Å². The Kier molecular flexibility index (Phi) is 3.09. The average Bonchev–Trinajstić information content (AvgIpc) is 2.42. The van der Waals surface area contributed by atoms with E-state index in [0.717, 1.165) is 21.1 Å². The van der Waals surface area contributed by atoms with Crippen LogP contribution in [0.1, 0.15) is 0 Å². The van der Waals surface area contributed by atoms with Gasteiger partial charge in [0.15, 0.2) is 0 Å². The molecule has 0 saturated carbocycles. The van der Waals surface area contributed by atoms with Crippen LogP contribution in [0.2, 0.25) is 0 Å². The zero-order chi connectivity index (χ0) is 13.2. The monoisotopic (exact) mass is 314 g/mol. The second-order valence-electron chi connectivity index (χ2n) is 4.11. The summed E-state index contributed by atoms with van der Waals surface area (Å²) in [6.07, 6.45) is 1.73. The summed E-state index contributed by atoms with van der Waals surface area (Å²) in [5, 5.41) is 0.965. The molecule has 3 rings (SSSR count). The number of para-hydroxylation sites is 1. The summed E-state index contributed by atoms with van der Waals surface area (Å²) in [5.41, 5.74) is 7.43. The van der Waals surface area contributed by atoms with Gasteiger partial charge in [-0.05, 0) is 36.4 Å². The molecule has 1 heterocycles. The molecule has 4 heteroatoms. The van der Waals surface area contributed by atoms with E-state index in [-0.39, 0.29) is 0 Å². The van der Waals surface area contributed by atoms with Gasteiger partial charge < -0.3 is 10.5 Å². The van der Waals surface area contributed by atoms with Gasteiger partial charge in [0.2, 0.25) is 0 Å². The zero-order valence-corrected chi connectivity index (χ0v) is 11.6. The fraction of sp³-hybridized carbons (Fsp3) is 0. The number of nitrogen functional groups attached to an aromatic ring is 1. The van der Waals surface area contributed by atoms with Crippen molar-refractivity contribution in [3.63, 3.8) is 0 Å². The molecule has 0 saturated heterocycles. The normalized spacial score (nSPS) is 10.6. The maximum atomic E-state index is 5.94. The lowest BCUT2D eigenvalue weighted by Crippen LogP contribution is -1.93. The van der Waals surface area contributed by atoms with Gasteiger partial charge in [0.05, 0.1) is 11.2 Å². The maximum Gasteiger partial charge on any atom is 0.150 e. The molecule has 3 aromatic rings. The minimum atomic E-state index is 0.593. The summed E-state index contributed by atoms with van der Waals surface area (Å²) in [7, 11) is 0. The zero-order valence-electron chi connectivity index (χ0n) is 10.0. The van der Waals surface area contributed by atoms with E-state index in [9.17, 15) is 0 Å². The summed E-state index contributed by atoms with van der Waals surface area (Å²) in [5.74, 6) is 1.39. The number of anilines is 1. The van der Waals surface area contributed by atoms with Gasteiger partial charge in [-0.1, -0.05) is 28.1 Å². The van der Waals surface area contributed by atoms with E-state index < -0.39 is 0 Å². The van der Waals surface area contributed by atoms with E-state index in [1.807, 2.05) is 48.5 Å². The smallest absolute Gasteiger partial charge is 0.150 e. The molecule has 0 radical (unpaired) electrons. The summed E-state index contributed by atoms with van der Waals surface area (Å²) >= 11 is 3.38. The van der Waals surface area contributed by atoms with Crippen molar-refractivity contribution in [3.8, 4) is 11.5 Å². The quantitative estimate of drug-likeness (QED) is 0.714. The van der Waals surface area contributed by atoms with Gasteiger partial charge in [0, 0.05) is 16.1 Å². The summed E-state index contributed by atoms with van der Waals surface area (Å²) < 4.78 is 6.82. The maximum absolute atomic E-state index is 5.94. The van der Waals surface area contributed by atoms with Crippen LogP contribution in [0.5, 0.6) is 11.5 Å². The number of pyridine rings is 1. The van der Waals surface area contributed by atoms with E-state index in [0.29, 0.717) is 11.4 Å². The fourth-order valence-corrected chi connectivity index (χ4v) is 2.27. The SMILES string of the molecule is Nc1cc(Br)ccc1Oc1ccnc2ccccc12. The topological polar surface area (TPSA) is 48.1 Å². The Balaban J connectivity index is 2.06. The van der Waals surface area contributed by atoms with Crippen LogP contribution in [-0.4, -0.2) is 4.98 Å². The number of nitrogens with two attached hydrogens (primary N) is 1.